The van der Waals surface area contributed by atoms with E-state index in [9.17, 15) is 10.1 Å². The fourth-order valence-corrected chi connectivity index (χ4v) is 3.53. The predicted molar refractivity (Wildman–Crippen MR) is 67.2 cm³/mol. The summed E-state index contributed by atoms with van der Waals surface area (Å²) >= 11 is 0. The average Bonchev–Trinajstić information content (AvgIpc) is 3.21. The fourth-order valence-electron chi connectivity index (χ4n) is 3.53. The van der Waals surface area contributed by atoms with E-state index < -0.39 is 0 Å². The number of epoxide rings is 1. The van der Waals surface area contributed by atoms with Crippen LogP contribution in [0.4, 0.5) is 5.69 Å². The van der Waals surface area contributed by atoms with Crippen LogP contribution in [0, 0.1) is 10.1 Å². The zero-order valence-electron chi connectivity index (χ0n) is 10.5. The molecule has 100 valence electrons. The third kappa shape index (κ3) is 1.57. The van der Waals surface area contributed by atoms with E-state index in [1.807, 2.05) is 0 Å². The Morgan fingerprint density at radius 2 is 2.05 bits per heavy atom. The SMILES string of the molecule is O=[N+]([O-])c1ccc2c(c1)[C@H]1O[C@@H]1C1(CCCCC1)O2. The summed E-state index contributed by atoms with van der Waals surface area (Å²) < 4.78 is 12.0. The van der Waals surface area contributed by atoms with Gasteiger partial charge in [-0.1, -0.05) is 6.42 Å². The summed E-state index contributed by atoms with van der Waals surface area (Å²) in [6.07, 6.45) is 5.78. The average molecular weight is 261 g/mol. The highest BCUT2D eigenvalue weighted by Gasteiger charge is 2.61. The number of fused-ring (bicyclic) bond motifs is 4. The third-order valence-corrected chi connectivity index (χ3v) is 4.53. The first kappa shape index (κ1) is 11.2. The molecule has 3 aliphatic rings. The minimum atomic E-state index is -0.372. The van der Waals surface area contributed by atoms with Gasteiger partial charge in [-0.25, -0.2) is 0 Å². The van der Waals surface area contributed by atoms with Crippen molar-refractivity contribution in [1.29, 1.82) is 0 Å². The van der Waals surface area contributed by atoms with Crippen LogP contribution < -0.4 is 4.74 Å². The Hall–Kier alpha value is -1.62. The monoisotopic (exact) mass is 261 g/mol. The van der Waals surface area contributed by atoms with Crippen molar-refractivity contribution in [3.63, 3.8) is 0 Å². The lowest BCUT2D eigenvalue weighted by Gasteiger charge is -2.39. The van der Waals surface area contributed by atoms with E-state index in [0.717, 1.165) is 24.2 Å². The maximum absolute atomic E-state index is 10.8. The van der Waals surface area contributed by atoms with Crippen LogP contribution in [0.3, 0.4) is 0 Å². The number of nitro groups is 1. The van der Waals surface area contributed by atoms with Crippen molar-refractivity contribution < 1.29 is 14.4 Å². The first-order valence-electron chi connectivity index (χ1n) is 6.82. The van der Waals surface area contributed by atoms with Gasteiger partial charge >= 0.3 is 0 Å². The van der Waals surface area contributed by atoms with E-state index in [0.29, 0.717) is 0 Å². The summed E-state index contributed by atoms with van der Waals surface area (Å²) in [5.74, 6) is 0.770. The molecule has 5 nitrogen and oxygen atoms in total. The van der Waals surface area contributed by atoms with Gasteiger partial charge in [-0.2, -0.15) is 0 Å². The van der Waals surface area contributed by atoms with Gasteiger partial charge in [0, 0.05) is 17.7 Å². The molecule has 1 spiro atoms. The summed E-state index contributed by atoms with van der Waals surface area (Å²) in [6, 6.07) is 4.83. The number of non-ortho nitro benzene ring substituents is 1. The zero-order chi connectivity index (χ0) is 13.0. The van der Waals surface area contributed by atoms with Gasteiger partial charge in [0.25, 0.3) is 5.69 Å². The van der Waals surface area contributed by atoms with E-state index in [-0.39, 0.29) is 28.4 Å². The van der Waals surface area contributed by atoms with Crippen LogP contribution >= 0.6 is 0 Å². The van der Waals surface area contributed by atoms with E-state index >= 15 is 0 Å². The van der Waals surface area contributed by atoms with Gasteiger partial charge in [0.2, 0.25) is 0 Å². The molecule has 0 radical (unpaired) electrons. The normalized spacial score (nSPS) is 30.1. The van der Waals surface area contributed by atoms with Crippen molar-refractivity contribution in [3.05, 3.63) is 33.9 Å². The van der Waals surface area contributed by atoms with Gasteiger partial charge in [-0.3, -0.25) is 10.1 Å². The van der Waals surface area contributed by atoms with Gasteiger partial charge in [0.15, 0.2) is 0 Å². The van der Waals surface area contributed by atoms with Gasteiger partial charge in [0.05, 0.1) is 4.92 Å². The lowest BCUT2D eigenvalue weighted by atomic mass is 9.79. The number of rotatable bonds is 1. The molecule has 0 N–H and O–H groups in total. The van der Waals surface area contributed by atoms with Crippen molar-refractivity contribution in [1.82, 2.24) is 0 Å². The smallest absolute Gasteiger partial charge is 0.270 e. The molecule has 19 heavy (non-hydrogen) atoms. The Labute approximate surface area is 110 Å². The highest BCUT2D eigenvalue weighted by molar-refractivity contribution is 5.49. The molecule has 0 amide bonds. The van der Waals surface area contributed by atoms with Crippen LogP contribution in [0.2, 0.25) is 0 Å². The van der Waals surface area contributed by atoms with Gasteiger partial charge in [0.1, 0.15) is 23.6 Å². The highest BCUT2D eigenvalue weighted by atomic mass is 16.6. The maximum atomic E-state index is 10.8. The van der Waals surface area contributed by atoms with Gasteiger partial charge < -0.3 is 9.47 Å². The largest absolute Gasteiger partial charge is 0.484 e. The molecular formula is C14H15NO4. The number of hydrogen-bond donors (Lipinski definition) is 0. The Kier molecular flexibility index (Phi) is 2.18. The molecular weight excluding hydrogens is 246 g/mol. The van der Waals surface area contributed by atoms with Gasteiger partial charge in [-0.05, 0) is 31.7 Å². The zero-order valence-corrected chi connectivity index (χ0v) is 10.5. The Morgan fingerprint density at radius 1 is 1.26 bits per heavy atom. The second-order valence-corrected chi connectivity index (χ2v) is 5.68. The molecule has 4 rings (SSSR count). The summed E-state index contributed by atoms with van der Waals surface area (Å²) in [5.41, 5.74) is 0.776. The lowest BCUT2D eigenvalue weighted by Crippen LogP contribution is -2.45. The summed E-state index contributed by atoms with van der Waals surface area (Å²) in [6.45, 7) is 0. The lowest BCUT2D eigenvalue weighted by molar-refractivity contribution is -0.385. The predicted octanol–water partition coefficient (Wildman–Crippen LogP) is 3.13. The number of hydrogen-bond acceptors (Lipinski definition) is 4. The summed E-state index contributed by atoms with van der Waals surface area (Å²) in [5, 5.41) is 10.8. The second-order valence-electron chi connectivity index (χ2n) is 5.68. The first-order valence-corrected chi connectivity index (χ1v) is 6.82. The molecule has 1 aliphatic carbocycles. The van der Waals surface area contributed by atoms with Crippen LogP contribution in [0.15, 0.2) is 18.2 Å². The van der Waals surface area contributed by atoms with E-state index in [2.05, 4.69) is 0 Å². The Morgan fingerprint density at radius 3 is 2.79 bits per heavy atom. The number of ether oxygens (including phenoxy) is 2. The molecule has 2 aliphatic heterocycles. The number of nitrogens with zero attached hydrogens (tertiary/aromatic N) is 1. The Bertz CT molecular complexity index is 550. The standard InChI is InChI=1S/C14H15NO4/c16-15(17)9-4-5-11-10(8-9)12-13(18-12)14(19-11)6-2-1-3-7-14/h4-5,8,12-13H,1-3,6-7H2/t12-,13+/m1/s1. The molecule has 1 saturated carbocycles. The van der Waals surface area contributed by atoms with Crippen LogP contribution in [0.25, 0.3) is 0 Å². The highest BCUT2D eigenvalue weighted by Crippen LogP contribution is 2.58. The summed E-state index contributed by atoms with van der Waals surface area (Å²) in [7, 11) is 0. The van der Waals surface area contributed by atoms with Crippen molar-refractivity contribution >= 4 is 5.69 Å². The van der Waals surface area contributed by atoms with E-state index in [1.165, 1.54) is 25.3 Å². The maximum Gasteiger partial charge on any atom is 0.270 e. The molecule has 2 atom stereocenters. The van der Waals surface area contributed by atoms with Gasteiger partial charge in [-0.15, -0.1) is 0 Å². The summed E-state index contributed by atoms with van der Waals surface area (Å²) in [4.78, 5) is 10.5. The van der Waals surface area contributed by atoms with Crippen LogP contribution in [0.1, 0.15) is 43.8 Å². The second kappa shape index (κ2) is 3.70. The van der Waals surface area contributed by atoms with Crippen molar-refractivity contribution in [3.8, 4) is 5.75 Å². The van der Waals surface area contributed by atoms with Crippen LogP contribution in [-0.4, -0.2) is 16.6 Å². The third-order valence-electron chi connectivity index (χ3n) is 4.53. The fraction of sp³-hybridized carbons (Fsp3) is 0.571. The molecule has 0 unspecified atom stereocenters. The van der Waals surface area contributed by atoms with Crippen molar-refractivity contribution in [2.24, 2.45) is 0 Å². The topological polar surface area (TPSA) is 64.9 Å². The number of nitro benzene ring substituents is 1. The van der Waals surface area contributed by atoms with Crippen molar-refractivity contribution in [2.75, 3.05) is 0 Å². The van der Waals surface area contributed by atoms with Crippen LogP contribution in [-0.2, 0) is 4.74 Å². The molecule has 1 aromatic rings. The molecule has 2 heterocycles. The van der Waals surface area contributed by atoms with Crippen LogP contribution in [0.5, 0.6) is 5.75 Å². The molecule has 1 aromatic carbocycles. The minimum absolute atomic E-state index is 0.00162. The quantitative estimate of drug-likeness (QED) is 0.442. The number of benzene rings is 1. The van der Waals surface area contributed by atoms with E-state index in [1.54, 1.807) is 12.1 Å². The Balaban J connectivity index is 1.72. The molecule has 1 saturated heterocycles. The molecule has 0 bridgehead atoms. The van der Waals surface area contributed by atoms with E-state index in [4.69, 9.17) is 9.47 Å². The minimum Gasteiger partial charge on any atom is -0.484 e. The first-order chi connectivity index (χ1) is 9.20. The molecule has 2 fully saturated rings. The molecule has 0 aromatic heterocycles. The molecule has 5 heteroatoms. The van der Waals surface area contributed by atoms with Crippen molar-refractivity contribution in [2.45, 2.75) is 49.9 Å².